The van der Waals surface area contributed by atoms with Gasteiger partial charge in [-0.25, -0.2) is 4.79 Å². The summed E-state index contributed by atoms with van der Waals surface area (Å²) in [6, 6.07) is 5.42. The van der Waals surface area contributed by atoms with Gasteiger partial charge in [0, 0.05) is 11.6 Å². The van der Waals surface area contributed by atoms with Gasteiger partial charge in [0.25, 0.3) is 0 Å². The molecule has 0 saturated carbocycles. The Balaban J connectivity index is 3.05. The minimum Gasteiger partial charge on any atom is -0.490 e. The summed E-state index contributed by atoms with van der Waals surface area (Å²) in [7, 11) is 0. The van der Waals surface area contributed by atoms with Crippen LogP contribution in [0.15, 0.2) is 24.3 Å². The van der Waals surface area contributed by atoms with Crippen molar-refractivity contribution in [3.63, 3.8) is 0 Å². The number of para-hydroxylation sites is 1. The van der Waals surface area contributed by atoms with Crippen molar-refractivity contribution in [2.24, 2.45) is 0 Å². The molecule has 98 valence electrons. The summed E-state index contributed by atoms with van der Waals surface area (Å²) in [5.41, 5.74) is 0.705. The zero-order valence-corrected chi connectivity index (χ0v) is 10.7. The highest BCUT2D eigenvalue weighted by molar-refractivity contribution is 5.86. The second kappa shape index (κ2) is 7.37. The van der Waals surface area contributed by atoms with E-state index in [1.165, 1.54) is 6.08 Å². The van der Waals surface area contributed by atoms with Crippen LogP contribution in [0.2, 0.25) is 0 Å². The van der Waals surface area contributed by atoms with Gasteiger partial charge in [0.1, 0.15) is 0 Å². The number of rotatable bonds is 7. The largest absolute Gasteiger partial charge is 0.490 e. The van der Waals surface area contributed by atoms with Crippen molar-refractivity contribution in [2.45, 2.75) is 20.3 Å². The molecule has 1 aromatic carbocycles. The quantitative estimate of drug-likeness (QED) is 0.756. The van der Waals surface area contributed by atoms with Crippen molar-refractivity contribution in [1.82, 2.24) is 0 Å². The van der Waals surface area contributed by atoms with Crippen molar-refractivity contribution >= 4 is 12.0 Å². The molecule has 0 aliphatic carbocycles. The molecule has 4 heteroatoms. The molecule has 0 heterocycles. The van der Waals surface area contributed by atoms with E-state index in [0.717, 1.165) is 12.5 Å². The zero-order valence-electron chi connectivity index (χ0n) is 10.7. The van der Waals surface area contributed by atoms with Crippen LogP contribution < -0.4 is 9.47 Å². The number of ether oxygens (including phenoxy) is 2. The fourth-order valence-electron chi connectivity index (χ4n) is 1.45. The Hall–Kier alpha value is -1.97. The molecule has 0 spiro atoms. The number of carboxylic acids is 1. The Labute approximate surface area is 107 Å². The molecule has 0 amide bonds. The lowest BCUT2D eigenvalue weighted by atomic mass is 10.1. The first-order valence-electron chi connectivity index (χ1n) is 5.98. The van der Waals surface area contributed by atoms with Crippen LogP contribution in [-0.4, -0.2) is 24.3 Å². The number of carboxylic acid groups (broad SMARTS) is 1. The van der Waals surface area contributed by atoms with Crippen LogP contribution in [0.5, 0.6) is 11.5 Å². The van der Waals surface area contributed by atoms with E-state index in [9.17, 15) is 4.79 Å². The van der Waals surface area contributed by atoms with Gasteiger partial charge in [-0.2, -0.15) is 0 Å². The smallest absolute Gasteiger partial charge is 0.328 e. The highest BCUT2D eigenvalue weighted by atomic mass is 16.5. The number of benzene rings is 1. The molecule has 0 atom stereocenters. The van der Waals surface area contributed by atoms with Gasteiger partial charge in [-0.05, 0) is 25.5 Å². The SMILES string of the molecule is CCCOc1c(/C=C/C(=O)O)cccc1OCC. The summed E-state index contributed by atoms with van der Waals surface area (Å²) in [6.07, 6.45) is 3.47. The van der Waals surface area contributed by atoms with Crippen molar-refractivity contribution in [3.8, 4) is 11.5 Å². The normalized spacial score (nSPS) is 10.6. The minimum absolute atomic E-state index is 0.536. The molecule has 0 unspecified atom stereocenters. The van der Waals surface area contributed by atoms with Crippen LogP contribution in [0.25, 0.3) is 6.08 Å². The maximum atomic E-state index is 10.5. The molecule has 0 saturated heterocycles. The van der Waals surface area contributed by atoms with Gasteiger partial charge in [-0.3, -0.25) is 0 Å². The molecule has 0 radical (unpaired) electrons. The number of hydrogen-bond acceptors (Lipinski definition) is 3. The highest BCUT2D eigenvalue weighted by Gasteiger charge is 2.09. The molecular weight excluding hydrogens is 232 g/mol. The predicted octanol–water partition coefficient (Wildman–Crippen LogP) is 2.97. The van der Waals surface area contributed by atoms with Crippen molar-refractivity contribution in [1.29, 1.82) is 0 Å². The number of aliphatic carboxylic acids is 1. The van der Waals surface area contributed by atoms with Crippen LogP contribution >= 0.6 is 0 Å². The highest BCUT2D eigenvalue weighted by Crippen LogP contribution is 2.32. The number of carbonyl (C=O) groups is 1. The van der Waals surface area contributed by atoms with E-state index in [-0.39, 0.29) is 0 Å². The molecular formula is C14H18O4. The summed E-state index contributed by atoms with van der Waals surface area (Å²) in [4.78, 5) is 10.5. The Morgan fingerprint density at radius 2 is 2.11 bits per heavy atom. The summed E-state index contributed by atoms with van der Waals surface area (Å²) >= 11 is 0. The van der Waals surface area contributed by atoms with E-state index in [1.807, 2.05) is 26.0 Å². The molecule has 18 heavy (non-hydrogen) atoms. The van der Waals surface area contributed by atoms with E-state index >= 15 is 0 Å². The lowest BCUT2D eigenvalue weighted by molar-refractivity contribution is -0.131. The summed E-state index contributed by atoms with van der Waals surface area (Å²) in [5.74, 6) is 0.246. The van der Waals surface area contributed by atoms with Crippen molar-refractivity contribution < 1.29 is 19.4 Å². The number of hydrogen-bond donors (Lipinski definition) is 1. The lowest BCUT2D eigenvalue weighted by Crippen LogP contribution is -2.01. The molecule has 1 N–H and O–H groups in total. The van der Waals surface area contributed by atoms with E-state index in [2.05, 4.69) is 0 Å². The molecule has 0 aliphatic rings. The van der Waals surface area contributed by atoms with E-state index in [4.69, 9.17) is 14.6 Å². The molecule has 4 nitrogen and oxygen atoms in total. The van der Waals surface area contributed by atoms with E-state index in [0.29, 0.717) is 30.3 Å². The van der Waals surface area contributed by atoms with Gasteiger partial charge in [-0.1, -0.05) is 19.1 Å². The molecule has 1 rings (SSSR count). The third-order valence-electron chi connectivity index (χ3n) is 2.17. The second-order valence-corrected chi connectivity index (χ2v) is 3.63. The lowest BCUT2D eigenvalue weighted by Gasteiger charge is -2.13. The summed E-state index contributed by atoms with van der Waals surface area (Å²) in [6.45, 7) is 5.01. The van der Waals surface area contributed by atoms with Gasteiger partial charge in [-0.15, -0.1) is 0 Å². The Morgan fingerprint density at radius 3 is 2.72 bits per heavy atom. The average Bonchev–Trinajstić information content (AvgIpc) is 2.35. The first-order chi connectivity index (χ1) is 8.69. The topological polar surface area (TPSA) is 55.8 Å². The zero-order chi connectivity index (χ0) is 13.4. The Bertz CT molecular complexity index is 424. The van der Waals surface area contributed by atoms with Crippen LogP contribution in [0.4, 0.5) is 0 Å². The fraction of sp³-hybridized carbons (Fsp3) is 0.357. The first-order valence-corrected chi connectivity index (χ1v) is 5.98. The van der Waals surface area contributed by atoms with E-state index < -0.39 is 5.97 Å². The monoisotopic (exact) mass is 250 g/mol. The van der Waals surface area contributed by atoms with Crippen LogP contribution in [0, 0.1) is 0 Å². The molecule has 0 fully saturated rings. The second-order valence-electron chi connectivity index (χ2n) is 3.63. The fourth-order valence-corrected chi connectivity index (χ4v) is 1.45. The summed E-state index contributed by atoms with van der Waals surface area (Å²) < 4.78 is 11.1. The van der Waals surface area contributed by atoms with Gasteiger partial charge in [0.05, 0.1) is 13.2 Å². The first kappa shape index (κ1) is 14.1. The molecule has 1 aromatic rings. The molecule has 0 aliphatic heterocycles. The van der Waals surface area contributed by atoms with Gasteiger partial charge in [0.15, 0.2) is 11.5 Å². The summed E-state index contributed by atoms with van der Waals surface area (Å²) in [5, 5.41) is 8.66. The molecule has 0 aromatic heterocycles. The average molecular weight is 250 g/mol. The van der Waals surface area contributed by atoms with Crippen molar-refractivity contribution in [2.75, 3.05) is 13.2 Å². The minimum atomic E-state index is -0.988. The van der Waals surface area contributed by atoms with Crippen LogP contribution in [-0.2, 0) is 4.79 Å². The maximum Gasteiger partial charge on any atom is 0.328 e. The Kier molecular flexibility index (Phi) is 5.77. The van der Waals surface area contributed by atoms with Gasteiger partial charge >= 0.3 is 5.97 Å². The maximum absolute atomic E-state index is 10.5. The standard InChI is InChI=1S/C14H18O4/c1-3-10-18-14-11(8-9-13(15)16)6-5-7-12(14)17-4-2/h5-9H,3-4,10H2,1-2H3,(H,15,16)/b9-8+. The third-order valence-corrected chi connectivity index (χ3v) is 2.17. The molecule has 0 bridgehead atoms. The Morgan fingerprint density at radius 1 is 1.33 bits per heavy atom. The van der Waals surface area contributed by atoms with Gasteiger partial charge < -0.3 is 14.6 Å². The predicted molar refractivity (Wildman–Crippen MR) is 70.1 cm³/mol. The van der Waals surface area contributed by atoms with Gasteiger partial charge in [0.2, 0.25) is 0 Å². The van der Waals surface area contributed by atoms with Crippen LogP contribution in [0.3, 0.4) is 0 Å². The third kappa shape index (κ3) is 4.13. The van der Waals surface area contributed by atoms with Crippen molar-refractivity contribution in [3.05, 3.63) is 29.8 Å². The van der Waals surface area contributed by atoms with Crippen LogP contribution in [0.1, 0.15) is 25.8 Å². The van der Waals surface area contributed by atoms with E-state index in [1.54, 1.807) is 6.07 Å².